The highest BCUT2D eigenvalue weighted by Gasteiger charge is 2.05. The van der Waals surface area contributed by atoms with Gasteiger partial charge in [-0.3, -0.25) is 4.79 Å². The van der Waals surface area contributed by atoms with Crippen LogP contribution in [0.4, 0.5) is 5.69 Å². The molecule has 0 atom stereocenters. The number of hydrogen-bond acceptors (Lipinski definition) is 3. The third kappa shape index (κ3) is 4.04. The molecule has 0 radical (unpaired) electrons. The molecule has 6 nitrogen and oxygen atoms in total. The standard InChI is InChI=1S/C16H19ClN4O2/c1-10-4-5-11(15(22)21(10)2)9-19-16(18)20-12-6-7-14(23-3)13(17)8-12/h4-8H,9H2,1-3H3,(H3,18,19,20). The number of halogens is 1. The number of ether oxygens (including phenoxy) is 1. The maximum Gasteiger partial charge on any atom is 0.255 e. The molecule has 1 heterocycles. The van der Waals surface area contributed by atoms with E-state index in [1.54, 1.807) is 43.0 Å². The van der Waals surface area contributed by atoms with Crippen LogP contribution in [0.15, 0.2) is 40.1 Å². The molecule has 2 rings (SSSR count). The maximum absolute atomic E-state index is 12.1. The van der Waals surface area contributed by atoms with Gasteiger partial charge in [-0.15, -0.1) is 0 Å². The van der Waals surface area contributed by atoms with Crippen LogP contribution in [0, 0.1) is 6.92 Å². The highest BCUT2D eigenvalue weighted by Crippen LogP contribution is 2.26. The monoisotopic (exact) mass is 334 g/mol. The Morgan fingerprint density at radius 3 is 2.78 bits per heavy atom. The van der Waals surface area contributed by atoms with Gasteiger partial charge in [0, 0.05) is 24.0 Å². The van der Waals surface area contributed by atoms with E-state index in [0.717, 1.165) is 5.69 Å². The number of nitrogens with zero attached hydrogens (tertiary/aromatic N) is 2. The van der Waals surface area contributed by atoms with Crippen LogP contribution in [-0.4, -0.2) is 17.6 Å². The van der Waals surface area contributed by atoms with Gasteiger partial charge in [0.05, 0.1) is 18.7 Å². The molecule has 0 saturated heterocycles. The van der Waals surface area contributed by atoms with Crippen molar-refractivity contribution in [1.82, 2.24) is 4.57 Å². The lowest BCUT2D eigenvalue weighted by atomic mass is 10.2. The number of nitrogens with one attached hydrogen (secondary N) is 1. The Morgan fingerprint density at radius 2 is 2.13 bits per heavy atom. The highest BCUT2D eigenvalue weighted by atomic mass is 35.5. The van der Waals surface area contributed by atoms with Crippen LogP contribution >= 0.6 is 11.6 Å². The largest absolute Gasteiger partial charge is 0.495 e. The Balaban J connectivity index is 2.10. The summed E-state index contributed by atoms with van der Waals surface area (Å²) >= 11 is 6.05. The fraction of sp³-hybridized carbons (Fsp3) is 0.250. The summed E-state index contributed by atoms with van der Waals surface area (Å²) in [5, 5.41) is 3.40. The van der Waals surface area contributed by atoms with Crippen LogP contribution in [0.2, 0.25) is 5.02 Å². The molecule has 3 N–H and O–H groups in total. The minimum absolute atomic E-state index is 0.0750. The lowest BCUT2D eigenvalue weighted by Gasteiger charge is -2.09. The van der Waals surface area contributed by atoms with Crippen LogP contribution in [0.25, 0.3) is 0 Å². The van der Waals surface area contributed by atoms with Crippen molar-refractivity contribution >= 4 is 23.2 Å². The molecule has 0 spiro atoms. The Hall–Kier alpha value is -2.47. The number of pyridine rings is 1. The molecule has 0 amide bonds. The normalized spacial score (nSPS) is 11.4. The molecular weight excluding hydrogens is 316 g/mol. The van der Waals surface area contributed by atoms with Gasteiger partial charge < -0.3 is 20.4 Å². The van der Waals surface area contributed by atoms with Crippen molar-refractivity contribution < 1.29 is 4.74 Å². The number of nitrogens with two attached hydrogens (primary N) is 1. The molecule has 2 aromatic rings. The lowest BCUT2D eigenvalue weighted by Crippen LogP contribution is -2.25. The van der Waals surface area contributed by atoms with Crippen LogP contribution in [0.3, 0.4) is 0 Å². The average Bonchev–Trinajstić information content (AvgIpc) is 2.52. The fourth-order valence-electron chi connectivity index (χ4n) is 2.00. The third-order valence-corrected chi connectivity index (χ3v) is 3.77. The van der Waals surface area contributed by atoms with Crippen molar-refractivity contribution in [3.05, 3.63) is 57.0 Å². The van der Waals surface area contributed by atoms with Crippen LogP contribution in [0.5, 0.6) is 5.75 Å². The quantitative estimate of drug-likeness (QED) is 0.664. The molecule has 1 aromatic heterocycles. The molecule has 0 bridgehead atoms. The van der Waals surface area contributed by atoms with Crippen LogP contribution in [0.1, 0.15) is 11.3 Å². The van der Waals surface area contributed by atoms with Gasteiger partial charge in [0.1, 0.15) is 5.75 Å². The first kappa shape index (κ1) is 16.9. The molecule has 0 fully saturated rings. The van der Waals surface area contributed by atoms with E-state index < -0.39 is 0 Å². The van der Waals surface area contributed by atoms with Crippen LogP contribution < -0.4 is 21.3 Å². The van der Waals surface area contributed by atoms with Gasteiger partial charge >= 0.3 is 0 Å². The maximum atomic E-state index is 12.1. The van der Waals surface area contributed by atoms with Gasteiger partial charge in [0.2, 0.25) is 0 Å². The predicted molar refractivity (Wildman–Crippen MR) is 93.4 cm³/mol. The van der Waals surface area contributed by atoms with Crippen molar-refractivity contribution in [3.8, 4) is 5.75 Å². The molecule has 23 heavy (non-hydrogen) atoms. The van der Waals surface area contributed by atoms with Crippen LogP contribution in [-0.2, 0) is 13.6 Å². The number of anilines is 1. The lowest BCUT2D eigenvalue weighted by molar-refractivity contribution is 0.415. The molecule has 7 heteroatoms. The number of hydrogen-bond donors (Lipinski definition) is 2. The second-order valence-corrected chi connectivity index (χ2v) is 5.45. The molecular formula is C16H19ClN4O2. The first-order valence-corrected chi connectivity index (χ1v) is 7.36. The van der Waals surface area contributed by atoms with E-state index in [2.05, 4.69) is 10.3 Å². The van der Waals surface area contributed by atoms with Gasteiger partial charge in [-0.2, -0.15) is 0 Å². The van der Waals surface area contributed by atoms with Crippen molar-refractivity contribution in [2.45, 2.75) is 13.5 Å². The third-order valence-electron chi connectivity index (χ3n) is 3.48. The van der Waals surface area contributed by atoms with E-state index in [-0.39, 0.29) is 18.1 Å². The van der Waals surface area contributed by atoms with Gasteiger partial charge in [-0.05, 0) is 37.3 Å². The first-order chi connectivity index (χ1) is 10.9. The van der Waals surface area contributed by atoms with E-state index in [1.165, 1.54) is 0 Å². The summed E-state index contributed by atoms with van der Waals surface area (Å²) in [6.07, 6.45) is 0. The van der Waals surface area contributed by atoms with Crippen molar-refractivity contribution in [3.63, 3.8) is 0 Å². The Kier molecular flexibility index (Phi) is 5.28. The van der Waals surface area contributed by atoms with Crippen molar-refractivity contribution in [1.29, 1.82) is 0 Å². The number of methoxy groups -OCH3 is 1. The summed E-state index contributed by atoms with van der Waals surface area (Å²) in [5.74, 6) is 0.782. The van der Waals surface area contributed by atoms with Gasteiger partial charge in [0.15, 0.2) is 5.96 Å². The summed E-state index contributed by atoms with van der Waals surface area (Å²) in [5.41, 5.74) is 7.93. The topological polar surface area (TPSA) is 81.6 Å². The molecule has 0 aliphatic rings. The van der Waals surface area contributed by atoms with E-state index in [0.29, 0.717) is 22.0 Å². The molecule has 0 saturated carbocycles. The average molecular weight is 335 g/mol. The SMILES string of the molecule is COc1ccc(NC(N)=NCc2ccc(C)n(C)c2=O)cc1Cl. The first-order valence-electron chi connectivity index (χ1n) is 6.98. The number of aromatic nitrogens is 1. The van der Waals surface area contributed by atoms with E-state index in [9.17, 15) is 4.79 Å². The molecule has 122 valence electrons. The minimum atomic E-state index is -0.0750. The molecule has 0 unspecified atom stereocenters. The Bertz CT molecular complexity index is 799. The van der Waals surface area contributed by atoms with E-state index in [4.69, 9.17) is 22.1 Å². The molecule has 0 aliphatic heterocycles. The second kappa shape index (κ2) is 7.19. The number of aryl methyl sites for hydroxylation is 1. The van der Waals surface area contributed by atoms with E-state index >= 15 is 0 Å². The number of guanidine groups is 1. The Labute approximate surface area is 139 Å². The van der Waals surface area contributed by atoms with Gasteiger partial charge in [-0.1, -0.05) is 11.6 Å². The highest BCUT2D eigenvalue weighted by molar-refractivity contribution is 6.32. The molecule has 1 aromatic carbocycles. The van der Waals surface area contributed by atoms with Crippen molar-refractivity contribution in [2.75, 3.05) is 12.4 Å². The summed E-state index contributed by atoms with van der Waals surface area (Å²) in [6.45, 7) is 2.08. The number of aliphatic imine (C=N–C) groups is 1. The smallest absolute Gasteiger partial charge is 0.255 e. The zero-order valence-corrected chi connectivity index (χ0v) is 14.0. The summed E-state index contributed by atoms with van der Waals surface area (Å²) in [4.78, 5) is 16.3. The number of benzene rings is 1. The second-order valence-electron chi connectivity index (χ2n) is 5.04. The summed E-state index contributed by atoms with van der Waals surface area (Å²) < 4.78 is 6.67. The van der Waals surface area contributed by atoms with Gasteiger partial charge in [-0.25, -0.2) is 4.99 Å². The number of rotatable bonds is 4. The fourth-order valence-corrected chi connectivity index (χ4v) is 2.26. The zero-order chi connectivity index (χ0) is 17.0. The minimum Gasteiger partial charge on any atom is -0.495 e. The molecule has 0 aliphatic carbocycles. The van der Waals surface area contributed by atoms with Crippen molar-refractivity contribution in [2.24, 2.45) is 17.8 Å². The van der Waals surface area contributed by atoms with Gasteiger partial charge in [0.25, 0.3) is 5.56 Å². The Morgan fingerprint density at radius 1 is 1.39 bits per heavy atom. The predicted octanol–water partition coefficient (Wildman–Crippen LogP) is 2.28. The summed E-state index contributed by atoms with van der Waals surface area (Å²) in [6, 6.07) is 8.83. The zero-order valence-electron chi connectivity index (χ0n) is 13.3. The summed E-state index contributed by atoms with van der Waals surface area (Å²) in [7, 11) is 3.28. The van der Waals surface area contributed by atoms with E-state index in [1.807, 2.05) is 13.0 Å².